The molecule has 0 spiro atoms. The first kappa shape index (κ1) is 18.7. The van der Waals surface area contributed by atoms with E-state index in [-0.39, 0.29) is 24.0 Å². The van der Waals surface area contributed by atoms with Crippen LogP contribution < -0.4 is 15.4 Å². The first-order valence-corrected chi connectivity index (χ1v) is 7.51. The number of hydrogen-bond acceptors (Lipinski definition) is 3. The number of nitrogens with one attached hydrogen (secondary N) is 2. The summed E-state index contributed by atoms with van der Waals surface area (Å²) in [7, 11) is 1.79. The van der Waals surface area contributed by atoms with Gasteiger partial charge in [0.15, 0.2) is 5.96 Å². The van der Waals surface area contributed by atoms with Crippen LogP contribution in [0.15, 0.2) is 35.5 Å². The molecule has 0 aliphatic heterocycles. The third-order valence-corrected chi connectivity index (χ3v) is 3.28. The van der Waals surface area contributed by atoms with E-state index in [1.54, 1.807) is 7.05 Å². The highest BCUT2D eigenvalue weighted by molar-refractivity contribution is 14.0. The normalized spacial score (nSPS) is 14.5. The van der Waals surface area contributed by atoms with Crippen molar-refractivity contribution in [3.05, 3.63) is 36.0 Å². The zero-order valence-electron chi connectivity index (χ0n) is 13.2. The van der Waals surface area contributed by atoms with Gasteiger partial charge in [0.2, 0.25) is 5.88 Å². The van der Waals surface area contributed by atoms with Crippen LogP contribution in [0.5, 0.6) is 5.88 Å². The van der Waals surface area contributed by atoms with E-state index in [1.807, 2.05) is 18.3 Å². The third kappa shape index (κ3) is 6.21. The van der Waals surface area contributed by atoms with Crippen molar-refractivity contribution in [3.63, 3.8) is 0 Å². The molecule has 0 saturated heterocycles. The summed E-state index contributed by atoms with van der Waals surface area (Å²) < 4.78 is 5.47. The molecule has 0 atom stereocenters. The van der Waals surface area contributed by atoms with E-state index in [2.05, 4.69) is 39.7 Å². The van der Waals surface area contributed by atoms with Crippen molar-refractivity contribution in [2.75, 3.05) is 13.7 Å². The highest BCUT2D eigenvalue weighted by Gasteiger charge is 2.11. The summed E-state index contributed by atoms with van der Waals surface area (Å²) >= 11 is 0. The Balaban J connectivity index is 0.00000242. The predicted molar refractivity (Wildman–Crippen MR) is 101 cm³/mol. The van der Waals surface area contributed by atoms with Gasteiger partial charge in [-0.3, -0.25) is 4.99 Å². The van der Waals surface area contributed by atoms with E-state index < -0.39 is 0 Å². The number of aliphatic imine (C=N–C) groups is 1. The van der Waals surface area contributed by atoms with Gasteiger partial charge in [0, 0.05) is 31.9 Å². The molecule has 0 radical (unpaired) electrons. The highest BCUT2D eigenvalue weighted by Crippen LogP contribution is 2.09. The molecule has 0 amide bonds. The van der Waals surface area contributed by atoms with Gasteiger partial charge < -0.3 is 15.4 Å². The predicted octanol–water partition coefficient (Wildman–Crippen LogP) is 2.87. The summed E-state index contributed by atoms with van der Waals surface area (Å²) in [6.07, 6.45) is 9.34. The van der Waals surface area contributed by atoms with Crippen molar-refractivity contribution >= 4 is 29.9 Å². The van der Waals surface area contributed by atoms with Crippen LogP contribution in [0.2, 0.25) is 0 Å². The Bertz CT molecular complexity index is 479. The molecule has 2 N–H and O–H groups in total. The zero-order valence-corrected chi connectivity index (χ0v) is 15.5. The smallest absolute Gasteiger partial charge is 0.213 e. The van der Waals surface area contributed by atoms with Crippen molar-refractivity contribution in [2.45, 2.75) is 38.8 Å². The number of ether oxygens (including phenoxy) is 1. The second-order valence-corrected chi connectivity index (χ2v) is 5.06. The lowest BCUT2D eigenvalue weighted by Gasteiger charge is -2.16. The number of aromatic nitrogens is 1. The molecular formula is C16H25IN4O. The SMILES string of the molecule is CCCOc1ccc(CNC(=NC)NC2CC=CC2)cn1.I. The Morgan fingerprint density at radius 3 is 2.73 bits per heavy atom. The van der Waals surface area contributed by atoms with E-state index in [9.17, 15) is 0 Å². The molecule has 122 valence electrons. The minimum atomic E-state index is 0. The molecule has 1 aromatic heterocycles. The molecule has 0 unspecified atom stereocenters. The third-order valence-electron chi connectivity index (χ3n) is 3.28. The minimum absolute atomic E-state index is 0. The van der Waals surface area contributed by atoms with Gasteiger partial charge in [0.05, 0.1) is 6.61 Å². The van der Waals surface area contributed by atoms with Gasteiger partial charge >= 0.3 is 0 Å². The molecule has 0 bridgehead atoms. The summed E-state index contributed by atoms with van der Waals surface area (Å²) in [5.41, 5.74) is 1.10. The zero-order chi connectivity index (χ0) is 14.9. The summed E-state index contributed by atoms with van der Waals surface area (Å²) in [4.78, 5) is 8.54. The van der Waals surface area contributed by atoms with Crippen LogP contribution >= 0.6 is 24.0 Å². The number of hydrogen-bond donors (Lipinski definition) is 2. The number of nitrogens with zero attached hydrogens (tertiary/aromatic N) is 2. The van der Waals surface area contributed by atoms with Crippen molar-refractivity contribution in [1.82, 2.24) is 15.6 Å². The first-order valence-electron chi connectivity index (χ1n) is 7.51. The van der Waals surface area contributed by atoms with Crippen molar-refractivity contribution < 1.29 is 4.74 Å². The summed E-state index contributed by atoms with van der Waals surface area (Å²) in [6.45, 7) is 3.48. The van der Waals surface area contributed by atoms with Gasteiger partial charge in [-0.2, -0.15) is 0 Å². The van der Waals surface area contributed by atoms with Gasteiger partial charge in [-0.25, -0.2) is 4.98 Å². The molecule has 5 nitrogen and oxygen atoms in total. The maximum Gasteiger partial charge on any atom is 0.213 e. The first-order chi connectivity index (χ1) is 10.3. The van der Waals surface area contributed by atoms with Gasteiger partial charge in [0.1, 0.15) is 0 Å². The fraction of sp³-hybridized carbons (Fsp3) is 0.500. The van der Waals surface area contributed by atoms with Gasteiger partial charge in [-0.05, 0) is 24.8 Å². The Morgan fingerprint density at radius 1 is 1.36 bits per heavy atom. The largest absolute Gasteiger partial charge is 0.478 e. The molecule has 0 saturated carbocycles. The number of pyridine rings is 1. The Labute approximate surface area is 149 Å². The fourth-order valence-electron chi connectivity index (χ4n) is 2.12. The van der Waals surface area contributed by atoms with Crippen LogP contribution in [0.3, 0.4) is 0 Å². The van der Waals surface area contributed by atoms with Crippen LogP contribution in [0.4, 0.5) is 0 Å². The van der Waals surface area contributed by atoms with Gasteiger partial charge in [-0.1, -0.05) is 25.1 Å². The van der Waals surface area contributed by atoms with E-state index in [4.69, 9.17) is 4.74 Å². The van der Waals surface area contributed by atoms with Crippen molar-refractivity contribution in [3.8, 4) is 5.88 Å². The van der Waals surface area contributed by atoms with Crippen molar-refractivity contribution in [1.29, 1.82) is 0 Å². The standard InChI is InChI=1S/C16H24N4O.HI/c1-3-10-21-15-9-8-13(11-18-15)12-19-16(17-2)20-14-6-4-5-7-14;/h4-5,8-9,11,14H,3,6-7,10,12H2,1-2H3,(H2,17,19,20);1H. The molecule has 0 fully saturated rings. The minimum Gasteiger partial charge on any atom is -0.478 e. The Kier molecular flexibility index (Phi) is 8.88. The molecule has 6 heteroatoms. The molecular weight excluding hydrogens is 391 g/mol. The van der Waals surface area contributed by atoms with Crippen molar-refractivity contribution in [2.24, 2.45) is 4.99 Å². The molecule has 22 heavy (non-hydrogen) atoms. The van der Waals surface area contributed by atoms with Crippen LogP contribution in [0.1, 0.15) is 31.7 Å². The van der Waals surface area contributed by atoms with E-state index in [0.717, 1.165) is 30.8 Å². The maximum atomic E-state index is 5.47. The lowest BCUT2D eigenvalue weighted by atomic mass is 10.2. The molecule has 1 aliphatic carbocycles. The molecule has 1 aromatic rings. The average Bonchev–Trinajstić information content (AvgIpc) is 3.03. The molecule has 1 aliphatic rings. The Hall–Kier alpha value is -1.31. The molecule has 0 aromatic carbocycles. The number of guanidine groups is 1. The summed E-state index contributed by atoms with van der Waals surface area (Å²) in [5, 5.41) is 6.71. The second kappa shape index (κ2) is 10.4. The quantitative estimate of drug-likeness (QED) is 0.324. The summed E-state index contributed by atoms with van der Waals surface area (Å²) in [5.74, 6) is 1.51. The second-order valence-electron chi connectivity index (χ2n) is 5.06. The summed E-state index contributed by atoms with van der Waals surface area (Å²) in [6, 6.07) is 4.39. The highest BCUT2D eigenvalue weighted by atomic mass is 127. The van der Waals surface area contributed by atoms with E-state index in [1.165, 1.54) is 0 Å². The van der Waals surface area contributed by atoms with E-state index >= 15 is 0 Å². The Morgan fingerprint density at radius 2 is 2.14 bits per heavy atom. The molecule has 2 rings (SSSR count). The van der Waals surface area contributed by atoms with E-state index in [0.29, 0.717) is 25.1 Å². The van der Waals surface area contributed by atoms with Gasteiger partial charge in [0.25, 0.3) is 0 Å². The van der Waals surface area contributed by atoms with Crippen LogP contribution in [-0.4, -0.2) is 30.6 Å². The van der Waals surface area contributed by atoms with Crippen LogP contribution in [0.25, 0.3) is 0 Å². The number of rotatable bonds is 6. The fourth-order valence-corrected chi connectivity index (χ4v) is 2.12. The lowest BCUT2D eigenvalue weighted by Crippen LogP contribution is -2.42. The van der Waals surface area contributed by atoms with Crippen LogP contribution in [0, 0.1) is 0 Å². The van der Waals surface area contributed by atoms with Crippen LogP contribution in [-0.2, 0) is 6.54 Å². The monoisotopic (exact) mass is 416 g/mol. The lowest BCUT2D eigenvalue weighted by molar-refractivity contribution is 0.305. The maximum absolute atomic E-state index is 5.47. The topological polar surface area (TPSA) is 58.5 Å². The van der Waals surface area contributed by atoms with Gasteiger partial charge in [-0.15, -0.1) is 24.0 Å². The number of halogens is 1. The average molecular weight is 416 g/mol. The molecule has 1 heterocycles.